The SMILES string of the molecule is C=CCCc1ccc(-c2ccc3c(c2F)C(F)(F)C(F)(F)c2c-3ccc(CCC)c2F)c(F)c1F. The van der Waals surface area contributed by atoms with E-state index in [0.29, 0.717) is 12.8 Å². The smallest absolute Gasteiger partial charge is 0.206 e. The van der Waals surface area contributed by atoms with E-state index in [1.807, 2.05) is 0 Å². The number of fused-ring (bicyclic) bond motifs is 3. The fourth-order valence-electron chi connectivity index (χ4n) is 4.49. The van der Waals surface area contributed by atoms with Crippen molar-refractivity contribution in [3.63, 3.8) is 0 Å². The molecule has 35 heavy (non-hydrogen) atoms. The topological polar surface area (TPSA) is 0 Å². The summed E-state index contributed by atoms with van der Waals surface area (Å²) in [5, 5.41) is 0. The quantitative estimate of drug-likeness (QED) is 0.236. The standard InChI is InChI=1S/C27H20F8/c1-3-5-7-15-9-11-19(25(31)23(15)29)18-13-12-17-16-10-8-14(6-4-2)22(28)20(16)26(32,33)27(34,35)21(17)24(18)30/h3,8-13H,1,4-7H2,2H3. The Kier molecular flexibility index (Phi) is 6.28. The van der Waals surface area contributed by atoms with Gasteiger partial charge in [0.15, 0.2) is 11.6 Å². The maximum absolute atomic E-state index is 15.5. The van der Waals surface area contributed by atoms with E-state index in [4.69, 9.17) is 0 Å². The first-order valence-electron chi connectivity index (χ1n) is 11.0. The summed E-state index contributed by atoms with van der Waals surface area (Å²) in [6.07, 6.45) is 2.36. The summed E-state index contributed by atoms with van der Waals surface area (Å²) in [5.74, 6) is -16.3. The summed E-state index contributed by atoms with van der Waals surface area (Å²) in [6.45, 7) is 5.16. The van der Waals surface area contributed by atoms with Gasteiger partial charge in [-0.1, -0.05) is 55.8 Å². The van der Waals surface area contributed by atoms with Crippen LogP contribution in [0.1, 0.15) is 42.0 Å². The van der Waals surface area contributed by atoms with Crippen LogP contribution in [0, 0.1) is 23.3 Å². The molecular weight excluding hydrogens is 476 g/mol. The van der Waals surface area contributed by atoms with E-state index in [9.17, 15) is 13.2 Å². The summed E-state index contributed by atoms with van der Waals surface area (Å²) in [4.78, 5) is 0. The number of hydrogen-bond acceptors (Lipinski definition) is 0. The average Bonchev–Trinajstić information content (AvgIpc) is 2.80. The zero-order valence-corrected chi connectivity index (χ0v) is 18.6. The molecule has 0 heterocycles. The minimum Gasteiger partial charge on any atom is -0.206 e. The lowest BCUT2D eigenvalue weighted by molar-refractivity contribution is -0.227. The van der Waals surface area contributed by atoms with Crippen LogP contribution in [0.5, 0.6) is 0 Å². The van der Waals surface area contributed by atoms with Crippen molar-refractivity contribution in [1.29, 1.82) is 0 Å². The summed E-state index contributed by atoms with van der Waals surface area (Å²) >= 11 is 0. The number of allylic oxidation sites excluding steroid dienone is 1. The van der Waals surface area contributed by atoms with Crippen LogP contribution >= 0.6 is 0 Å². The molecule has 0 nitrogen and oxygen atoms in total. The van der Waals surface area contributed by atoms with Gasteiger partial charge in [0.2, 0.25) is 0 Å². The molecule has 0 aromatic heterocycles. The normalized spacial score (nSPS) is 15.5. The highest BCUT2D eigenvalue weighted by molar-refractivity contribution is 5.80. The molecule has 0 radical (unpaired) electrons. The van der Waals surface area contributed by atoms with Crippen molar-refractivity contribution >= 4 is 0 Å². The average molecular weight is 496 g/mol. The van der Waals surface area contributed by atoms with Crippen molar-refractivity contribution in [2.45, 2.75) is 44.5 Å². The van der Waals surface area contributed by atoms with Gasteiger partial charge in [-0.25, -0.2) is 17.6 Å². The van der Waals surface area contributed by atoms with Crippen molar-refractivity contribution in [3.8, 4) is 22.3 Å². The third-order valence-electron chi connectivity index (χ3n) is 6.27. The predicted molar refractivity (Wildman–Crippen MR) is 117 cm³/mol. The molecule has 0 bridgehead atoms. The molecule has 0 saturated heterocycles. The zero-order chi connectivity index (χ0) is 25.7. The predicted octanol–water partition coefficient (Wildman–Crippen LogP) is 8.85. The summed E-state index contributed by atoms with van der Waals surface area (Å²) in [7, 11) is 0. The lowest BCUT2D eigenvalue weighted by Crippen LogP contribution is -2.41. The maximum Gasteiger partial charge on any atom is 0.343 e. The van der Waals surface area contributed by atoms with Gasteiger partial charge in [-0.05, 0) is 41.5 Å². The number of rotatable bonds is 6. The molecular formula is C27H20F8. The Bertz CT molecular complexity index is 1320. The Hall–Kier alpha value is -3.16. The van der Waals surface area contributed by atoms with E-state index < -0.39 is 68.5 Å². The molecule has 0 aliphatic heterocycles. The Morgan fingerprint density at radius 1 is 0.629 bits per heavy atom. The van der Waals surface area contributed by atoms with E-state index in [-0.39, 0.29) is 24.0 Å². The first kappa shape index (κ1) is 24.9. The Balaban J connectivity index is 1.96. The molecule has 0 saturated carbocycles. The second-order valence-electron chi connectivity index (χ2n) is 8.44. The monoisotopic (exact) mass is 496 g/mol. The molecule has 4 rings (SSSR count). The van der Waals surface area contributed by atoms with Crippen molar-refractivity contribution in [3.05, 3.63) is 94.6 Å². The molecule has 1 aliphatic carbocycles. The number of halogens is 8. The molecule has 3 aromatic carbocycles. The highest BCUT2D eigenvalue weighted by Crippen LogP contribution is 2.60. The van der Waals surface area contributed by atoms with Crippen LogP contribution in [0.25, 0.3) is 22.3 Å². The van der Waals surface area contributed by atoms with E-state index in [0.717, 1.165) is 24.3 Å². The Morgan fingerprint density at radius 2 is 1.09 bits per heavy atom. The Labute approximate surface area is 196 Å². The summed E-state index contributed by atoms with van der Waals surface area (Å²) < 4.78 is 120. The number of aryl methyl sites for hydroxylation is 2. The minimum atomic E-state index is -5.15. The van der Waals surface area contributed by atoms with E-state index in [1.165, 1.54) is 18.2 Å². The van der Waals surface area contributed by atoms with Crippen molar-refractivity contribution in [2.24, 2.45) is 0 Å². The van der Waals surface area contributed by atoms with Gasteiger partial charge in [0, 0.05) is 11.1 Å². The third-order valence-corrected chi connectivity index (χ3v) is 6.27. The molecule has 0 amide bonds. The number of alkyl halides is 4. The second-order valence-corrected chi connectivity index (χ2v) is 8.44. The van der Waals surface area contributed by atoms with Gasteiger partial charge in [0.1, 0.15) is 11.6 Å². The zero-order valence-electron chi connectivity index (χ0n) is 18.6. The van der Waals surface area contributed by atoms with Crippen LogP contribution in [0.2, 0.25) is 0 Å². The van der Waals surface area contributed by atoms with Crippen molar-refractivity contribution in [1.82, 2.24) is 0 Å². The van der Waals surface area contributed by atoms with E-state index in [1.54, 1.807) is 6.92 Å². The van der Waals surface area contributed by atoms with Gasteiger partial charge < -0.3 is 0 Å². The fourth-order valence-corrected chi connectivity index (χ4v) is 4.49. The lowest BCUT2D eigenvalue weighted by atomic mass is 9.77. The van der Waals surface area contributed by atoms with Gasteiger partial charge >= 0.3 is 11.8 Å². The third kappa shape index (κ3) is 3.65. The molecule has 1 aliphatic rings. The highest BCUT2D eigenvalue weighted by atomic mass is 19.3. The second kappa shape index (κ2) is 8.81. The van der Waals surface area contributed by atoms with Crippen LogP contribution in [-0.2, 0) is 24.7 Å². The maximum atomic E-state index is 15.5. The van der Waals surface area contributed by atoms with Crippen molar-refractivity contribution < 1.29 is 35.1 Å². The first-order chi connectivity index (χ1) is 16.5. The van der Waals surface area contributed by atoms with Crippen LogP contribution in [0.15, 0.2) is 49.1 Å². The van der Waals surface area contributed by atoms with Crippen LogP contribution in [0.4, 0.5) is 35.1 Å². The van der Waals surface area contributed by atoms with Crippen molar-refractivity contribution in [2.75, 3.05) is 0 Å². The van der Waals surface area contributed by atoms with Gasteiger partial charge in [0.25, 0.3) is 0 Å². The van der Waals surface area contributed by atoms with Crippen LogP contribution < -0.4 is 0 Å². The highest BCUT2D eigenvalue weighted by Gasteiger charge is 2.65. The molecule has 0 fully saturated rings. The first-order valence-corrected chi connectivity index (χ1v) is 11.0. The largest absolute Gasteiger partial charge is 0.343 e. The molecule has 184 valence electrons. The van der Waals surface area contributed by atoms with Crippen LogP contribution in [0.3, 0.4) is 0 Å². The molecule has 8 heteroatoms. The van der Waals surface area contributed by atoms with Gasteiger partial charge in [-0.2, -0.15) is 17.6 Å². The van der Waals surface area contributed by atoms with E-state index in [2.05, 4.69) is 6.58 Å². The van der Waals surface area contributed by atoms with Gasteiger partial charge in [-0.3, -0.25) is 0 Å². The van der Waals surface area contributed by atoms with Crippen LogP contribution in [-0.4, -0.2) is 0 Å². The molecule has 0 unspecified atom stereocenters. The summed E-state index contributed by atoms with van der Waals surface area (Å²) in [6, 6.07) is 6.23. The minimum absolute atomic E-state index is 0.0336. The van der Waals surface area contributed by atoms with Gasteiger partial charge in [0.05, 0.1) is 11.1 Å². The molecule has 3 aromatic rings. The Morgan fingerprint density at radius 3 is 1.66 bits per heavy atom. The lowest BCUT2D eigenvalue weighted by Gasteiger charge is -2.36. The molecule has 0 spiro atoms. The molecule has 0 N–H and O–H groups in total. The number of benzene rings is 3. The fraction of sp³-hybridized carbons (Fsp3) is 0.259. The summed E-state index contributed by atoms with van der Waals surface area (Å²) in [5.41, 5.74) is -6.10. The van der Waals surface area contributed by atoms with E-state index >= 15 is 22.0 Å². The number of hydrogen-bond donors (Lipinski definition) is 0. The molecule has 0 atom stereocenters. The van der Waals surface area contributed by atoms with Gasteiger partial charge in [-0.15, -0.1) is 6.58 Å².